The molecule has 278 valence electrons. The highest BCUT2D eigenvalue weighted by Crippen LogP contribution is 2.41. The van der Waals surface area contributed by atoms with E-state index in [1.54, 1.807) is 0 Å². The molecule has 0 N–H and O–H groups in total. The quantitative estimate of drug-likeness (QED) is 0.158. The Morgan fingerprint density at radius 2 is 0.967 bits per heavy atom. The fourth-order valence-corrected chi connectivity index (χ4v) is 8.44. The van der Waals surface area contributed by atoms with Gasteiger partial charge in [0, 0.05) is 38.5 Å². The van der Waals surface area contributed by atoms with Gasteiger partial charge in [0.2, 0.25) is 0 Å². The van der Waals surface area contributed by atoms with Crippen molar-refractivity contribution in [3.8, 4) is 62.7 Å². The van der Waals surface area contributed by atoms with E-state index in [1.807, 2.05) is 103 Å². The summed E-state index contributed by atoms with van der Waals surface area (Å²) >= 11 is 0. The first-order valence-corrected chi connectivity index (χ1v) is 19.6. The predicted octanol–water partition coefficient (Wildman–Crippen LogP) is 13.2. The molecule has 0 atom stereocenters. The smallest absolute Gasteiger partial charge is 0.188 e. The molecule has 3 aromatic heterocycles. The number of nitriles is 1. The summed E-state index contributed by atoms with van der Waals surface area (Å²) in [5, 5.41) is 14.0. The molecule has 0 saturated heterocycles. The van der Waals surface area contributed by atoms with Gasteiger partial charge in [0.25, 0.3) is 0 Å². The lowest BCUT2D eigenvalue weighted by atomic mass is 9.99. The van der Waals surface area contributed by atoms with Crippen molar-refractivity contribution in [2.24, 2.45) is 0 Å². The van der Waals surface area contributed by atoms with Crippen molar-refractivity contribution in [1.29, 1.82) is 5.26 Å². The molecule has 11 rings (SSSR count). The predicted molar refractivity (Wildman–Crippen MR) is 241 cm³/mol. The Morgan fingerprint density at radius 1 is 0.433 bits per heavy atom. The zero-order valence-corrected chi connectivity index (χ0v) is 32.0. The molecule has 0 bridgehead atoms. The number of hydrogen-bond acceptors (Lipinski definition) is 4. The summed E-state index contributed by atoms with van der Waals surface area (Å²) in [6.07, 6.45) is 0. The molecule has 60 heavy (non-hydrogen) atoms. The molecule has 0 aliphatic carbocycles. The Balaban J connectivity index is 1.20. The average Bonchev–Trinajstić information content (AvgIpc) is 3.83. The summed E-state index contributed by atoms with van der Waals surface area (Å²) in [7, 11) is 0. The van der Waals surface area contributed by atoms with E-state index in [0.717, 1.165) is 77.4 Å². The van der Waals surface area contributed by atoms with Crippen molar-refractivity contribution in [3.63, 3.8) is 0 Å². The summed E-state index contributed by atoms with van der Waals surface area (Å²) in [6, 6.07) is 65.9. The zero-order chi connectivity index (χ0) is 40.2. The molecule has 0 saturated carbocycles. The number of nitrogens with zero attached hydrogens (tertiary/aromatic N) is 7. The van der Waals surface area contributed by atoms with Crippen LogP contribution < -0.4 is 0 Å². The van der Waals surface area contributed by atoms with Crippen LogP contribution in [-0.4, -0.2) is 24.1 Å². The molecular formula is C53H31N7. The van der Waals surface area contributed by atoms with Gasteiger partial charge in [-0.1, -0.05) is 115 Å². The van der Waals surface area contributed by atoms with Crippen LogP contribution in [0.25, 0.3) is 105 Å². The van der Waals surface area contributed by atoms with Gasteiger partial charge in [-0.2, -0.15) is 5.26 Å². The Hall–Kier alpha value is -8.65. The van der Waals surface area contributed by atoms with E-state index < -0.39 is 0 Å². The van der Waals surface area contributed by atoms with E-state index in [4.69, 9.17) is 21.5 Å². The first kappa shape index (κ1) is 34.6. The lowest BCUT2D eigenvalue weighted by Crippen LogP contribution is -2.04. The molecular weight excluding hydrogens is 735 g/mol. The molecule has 0 unspecified atom stereocenters. The second-order valence-electron chi connectivity index (χ2n) is 14.7. The van der Waals surface area contributed by atoms with Gasteiger partial charge in [-0.3, -0.25) is 0 Å². The maximum atomic E-state index is 9.92. The second-order valence-corrected chi connectivity index (χ2v) is 14.7. The number of para-hydroxylation sites is 2. The summed E-state index contributed by atoms with van der Waals surface area (Å²) in [4.78, 5) is 19.2. The highest BCUT2D eigenvalue weighted by molar-refractivity contribution is 6.12. The van der Waals surface area contributed by atoms with E-state index in [0.29, 0.717) is 28.7 Å². The van der Waals surface area contributed by atoms with Crippen LogP contribution in [0.3, 0.4) is 0 Å². The van der Waals surface area contributed by atoms with E-state index in [9.17, 15) is 5.26 Å². The number of rotatable bonds is 6. The fourth-order valence-electron chi connectivity index (χ4n) is 8.44. The Kier molecular flexibility index (Phi) is 8.11. The second kappa shape index (κ2) is 14.1. The van der Waals surface area contributed by atoms with Crippen molar-refractivity contribution >= 4 is 49.3 Å². The van der Waals surface area contributed by atoms with Crippen LogP contribution in [0.1, 0.15) is 5.56 Å². The molecule has 3 heterocycles. The average molecular weight is 766 g/mol. The summed E-state index contributed by atoms with van der Waals surface area (Å²) in [6.45, 7) is 7.79. The van der Waals surface area contributed by atoms with E-state index in [2.05, 4.69) is 105 Å². The van der Waals surface area contributed by atoms with Gasteiger partial charge in [-0.25, -0.2) is 19.8 Å². The minimum atomic E-state index is 0.516. The molecule has 0 fully saturated rings. The largest absolute Gasteiger partial charge is 0.309 e. The highest BCUT2D eigenvalue weighted by Gasteiger charge is 2.22. The third-order valence-electron chi connectivity index (χ3n) is 11.2. The van der Waals surface area contributed by atoms with Crippen LogP contribution in [0.4, 0.5) is 5.69 Å². The van der Waals surface area contributed by atoms with Crippen LogP contribution in [0.5, 0.6) is 0 Å². The zero-order valence-electron chi connectivity index (χ0n) is 32.0. The van der Waals surface area contributed by atoms with Crippen LogP contribution in [0, 0.1) is 17.9 Å². The maximum absolute atomic E-state index is 9.92. The number of benzene rings is 8. The molecule has 11 aromatic rings. The molecule has 0 spiro atoms. The van der Waals surface area contributed by atoms with Crippen molar-refractivity contribution < 1.29 is 0 Å². The van der Waals surface area contributed by atoms with E-state index >= 15 is 0 Å². The Morgan fingerprint density at radius 3 is 1.67 bits per heavy atom. The minimum absolute atomic E-state index is 0.516. The van der Waals surface area contributed by atoms with Crippen molar-refractivity contribution in [3.05, 3.63) is 205 Å². The van der Waals surface area contributed by atoms with Crippen LogP contribution in [0.2, 0.25) is 0 Å². The molecule has 7 heteroatoms. The lowest BCUT2D eigenvalue weighted by molar-refractivity contribution is 1.06. The van der Waals surface area contributed by atoms with Crippen LogP contribution in [-0.2, 0) is 0 Å². The third-order valence-corrected chi connectivity index (χ3v) is 11.2. The Labute approximate surface area is 345 Å². The molecule has 8 aromatic carbocycles. The topological polar surface area (TPSA) is 76.7 Å². The Bertz CT molecular complexity index is 3430. The maximum Gasteiger partial charge on any atom is 0.188 e. The monoisotopic (exact) mass is 765 g/mol. The van der Waals surface area contributed by atoms with Gasteiger partial charge in [-0.05, 0) is 89.3 Å². The van der Waals surface area contributed by atoms with Gasteiger partial charge in [0.05, 0.1) is 46.0 Å². The lowest BCUT2D eigenvalue weighted by Gasteiger charge is -2.16. The van der Waals surface area contributed by atoms with Crippen molar-refractivity contribution in [2.75, 3.05) is 0 Å². The standard InChI is InChI=1S/C53H31N7/c1-55-39-24-28-49-44(32-39)42-29-34(33-54)21-25-48(42)60(49)50-27-23-38(37-22-26-47-43(30-37)41-19-11-12-20-46(41)59(47)40-17-9-4-10-18-40)31-45(50)53-57-51(35-13-5-2-6-14-35)56-52(58-53)36-15-7-3-8-16-36/h2-32H. The van der Waals surface area contributed by atoms with Gasteiger partial charge in [0.15, 0.2) is 23.2 Å². The highest BCUT2D eigenvalue weighted by atomic mass is 15.1. The SMILES string of the molecule is [C-]#[N+]c1ccc2c(c1)c1cc(C#N)ccc1n2-c1ccc(-c2ccc3c(c2)c2ccccc2n3-c2ccccc2)cc1-c1nc(-c2ccccc2)nc(-c2ccccc2)n1. The normalized spacial score (nSPS) is 11.3. The first-order chi connectivity index (χ1) is 29.6. The van der Waals surface area contributed by atoms with Crippen LogP contribution >= 0.6 is 0 Å². The molecule has 0 aliphatic rings. The molecule has 0 aliphatic heterocycles. The van der Waals surface area contributed by atoms with Crippen molar-refractivity contribution in [2.45, 2.75) is 0 Å². The van der Waals surface area contributed by atoms with Gasteiger partial charge in [-0.15, -0.1) is 0 Å². The van der Waals surface area contributed by atoms with E-state index in [1.165, 1.54) is 5.39 Å². The van der Waals surface area contributed by atoms with Gasteiger partial charge >= 0.3 is 0 Å². The molecule has 0 radical (unpaired) electrons. The van der Waals surface area contributed by atoms with E-state index in [-0.39, 0.29) is 0 Å². The van der Waals surface area contributed by atoms with Gasteiger partial charge < -0.3 is 9.13 Å². The third kappa shape index (κ3) is 5.69. The van der Waals surface area contributed by atoms with Crippen LogP contribution in [0.15, 0.2) is 188 Å². The molecule has 7 nitrogen and oxygen atoms in total. The minimum Gasteiger partial charge on any atom is -0.309 e. The van der Waals surface area contributed by atoms with Crippen molar-refractivity contribution in [1.82, 2.24) is 24.1 Å². The fraction of sp³-hybridized carbons (Fsp3) is 0. The summed E-state index contributed by atoms with van der Waals surface area (Å²) in [5.41, 5.74) is 11.7. The summed E-state index contributed by atoms with van der Waals surface area (Å²) in [5.74, 6) is 1.64. The number of hydrogen-bond donors (Lipinski definition) is 0. The van der Waals surface area contributed by atoms with Gasteiger partial charge in [0.1, 0.15) is 0 Å². The first-order valence-electron chi connectivity index (χ1n) is 19.6. The number of aromatic nitrogens is 5. The number of fused-ring (bicyclic) bond motifs is 6. The summed E-state index contributed by atoms with van der Waals surface area (Å²) < 4.78 is 4.52. The molecule has 0 amide bonds.